The maximum Gasteiger partial charge on any atom is 0.278 e. The fourth-order valence-corrected chi connectivity index (χ4v) is 4.20. The SMILES string of the molecule is Cc1nc(N)ccc1CNC(=O)Cn1c(C)ncc(NS(=O)(=O)Cc2ccccc2)c1=O. The fourth-order valence-electron chi connectivity index (χ4n) is 3.02. The van der Waals surface area contributed by atoms with Crippen LogP contribution in [0.1, 0.15) is 22.6 Å². The lowest BCUT2D eigenvalue weighted by Crippen LogP contribution is -2.35. The number of aromatic nitrogens is 3. The number of nitrogens with zero attached hydrogens (tertiary/aromatic N) is 3. The van der Waals surface area contributed by atoms with Gasteiger partial charge >= 0.3 is 0 Å². The zero-order valence-electron chi connectivity index (χ0n) is 17.7. The van der Waals surface area contributed by atoms with Crippen LogP contribution in [-0.2, 0) is 33.7 Å². The van der Waals surface area contributed by atoms with E-state index in [4.69, 9.17) is 5.73 Å². The molecule has 0 saturated heterocycles. The first-order valence-electron chi connectivity index (χ1n) is 9.74. The number of pyridine rings is 1. The predicted molar refractivity (Wildman–Crippen MR) is 121 cm³/mol. The number of aryl methyl sites for hydroxylation is 2. The summed E-state index contributed by atoms with van der Waals surface area (Å²) in [7, 11) is -3.84. The third-order valence-corrected chi connectivity index (χ3v) is 5.95. The van der Waals surface area contributed by atoms with Crippen molar-refractivity contribution in [3.8, 4) is 0 Å². The van der Waals surface area contributed by atoms with Crippen molar-refractivity contribution in [1.82, 2.24) is 19.9 Å². The highest BCUT2D eigenvalue weighted by molar-refractivity contribution is 7.91. The van der Waals surface area contributed by atoms with Crippen molar-refractivity contribution < 1.29 is 13.2 Å². The number of benzene rings is 1. The molecule has 0 atom stereocenters. The summed E-state index contributed by atoms with van der Waals surface area (Å²) in [6, 6.07) is 12.0. The van der Waals surface area contributed by atoms with Crippen LogP contribution in [0.2, 0.25) is 0 Å². The smallest absolute Gasteiger partial charge is 0.278 e. The quantitative estimate of drug-likeness (QED) is 0.459. The molecular weight excluding hydrogens is 432 g/mol. The molecule has 0 saturated carbocycles. The number of sulfonamides is 1. The summed E-state index contributed by atoms with van der Waals surface area (Å²) >= 11 is 0. The van der Waals surface area contributed by atoms with Gasteiger partial charge in [-0.15, -0.1) is 0 Å². The summed E-state index contributed by atoms with van der Waals surface area (Å²) in [5.74, 6) is -0.0623. The Labute approximate surface area is 185 Å². The Bertz CT molecular complexity index is 1290. The summed E-state index contributed by atoms with van der Waals surface area (Å²) in [6.07, 6.45) is 1.15. The van der Waals surface area contributed by atoms with E-state index in [1.165, 1.54) is 0 Å². The summed E-state index contributed by atoms with van der Waals surface area (Å²) in [5.41, 5.74) is 6.80. The van der Waals surface area contributed by atoms with Gasteiger partial charge in [-0.05, 0) is 31.0 Å². The molecule has 2 heterocycles. The summed E-state index contributed by atoms with van der Waals surface area (Å²) in [5, 5.41) is 2.72. The van der Waals surface area contributed by atoms with Crippen LogP contribution in [-0.4, -0.2) is 28.9 Å². The van der Waals surface area contributed by atoms with Gasteiger partial charge < -0.3 is 11.1 Å². The molecular formula is C21H24N6O4S. The van der Waals surface area contributed by atoms with Gasteiger partial charge in [0.05, 0.1) is 11.9 Å². The minimum absolute atomic E-state index is 0.211. The first-order valence-corrected chi connectivity index (χ1v) is 11.4. The molecule has 4 N–H and O–H groups in total. The Morgan fingerprint density at radius 3 is 2.53 bits per heavy atom. The van der Waals surface area contributed by atoms with Gasteiger partial charge in [-0.2, -0.15) is 0 Å². The second kappa shape index (κ2) is 9.60. The molecule has 0 aliphatic rings. The number of anilines is 2. The molecule has 0 fully saturated rings. The summed E-state index contributed by atoms with van der Waals surface area (Å²) < 4.78 is 28.3. The van der Waals surface area contributed by atoms with Crippen LogP contribution in [0.25, 0.3) is 0 Å². The number of carbonyl (C=O) groups is 1. The van der Waals surface area contributed by atoms with Crippen LogP contribution >= 0.6 is 0 Å². The van der Waals surface area contributed by atoms with E-state index >= 15 is 0 Å². The van der Waals surface area contributed by atoms with E-state index in [0.29, 0.717) is 17.1 Å². The normalized spacial score (nSPS) is 11.2. The molecule has 1 amide bonds. The van der Waals surface area contributed by atoms with Crippen molar-refractivity contribution in [3.05, 3.63) is 81.7 Å². The Hall–Kier alpha value is -3.73. The molecule has 0 radical (unpaired) electrons. The minimum atomic E-state index is -3.84. The fraction of sp³-hybridized carbons (Fsp3) is 0.238. The van der Waals surface area contributed by atoms with Gasteiger partial charge in [-0.1, -0.05) is 36.4 Å². The molecule has 2 aromatic heterocycles. The second-order valence-electron chi connectivity index (χ2n) is 7.21. The lowest BCUT2D eigenvalue weighted by atomic mass is 10.2. The zero-order valence-corrected chi connectivity index (χ0v) is 18.5. The zero-order chi connectivity index (χ0) is 23.3. The summed E-state index contributed by atoms with van der Waals surface area (Å²) in [4.78, 5) is 33.4. The average Bonchev–Trinajstić information content (AvgIpc) is 2.73. The van der Waals surface area contributed by atoms with Crippen LogP contribution < -0.4 is 21.3 Å². The van der Waals surface area contributed by atoms with Crippen molar-refractivity contribution in [3.63, 3.8) is 0 Å². The highest BCUT2D eigenvalue weighted by Gasteiger charge is 2.17. The van der Waals surface area contributed by atoms with E-state index in [9.17, 15) is 18.0 Å². The van der Waals surface area contributed by atoms with Crippen LogP contribution in [0, 0.1) is 13.8 Å². The molecule has 3 aromatic rings. The van der Waals surface area contributed by atoms with Gasteiger partial charge in [-0.3, -0.25) is 18.9 Å². The predicted octanol–water partition coefficient (Wildman–Crippen LogP) is 1.10. The van der Waals surface area contributed by atoms with Gasteiger partial charge in [0.25, 0.3) is 5.56 Å². The van der Waals surface area contributed by atoms with E-state index in [-0.39, 0.29) is 30.4 Å². The van der Waals surface area contributed by atoms with Gasteiger partial charge in [0, 0.05) is 12.2 Å². The molecule has 0 bridgehead atoms. The largest absolute Gasteiger partial charge is 0.384 e. The Morgan fingerprint density at radius 1 is 1.12 bits per heavy atom. The number of hydrogen-bond donors (Lipinski definition) is 3. The third kappa shape index (κ3) is 5.91. The van der Waals surface area contributed by atoms with Crippen molar-refractivity contribution >= 4 is 27.4 Å². The van der Waals surface area contributed by atoms with Crippen LogP contribution in [0.3, 0.4) is 0 Å². The number of nitrogens with one attached hydrogen (secondary N) is 2. The van der Waals surface area contributed by atoms with Crippen LogP contribution in [0.15, 0.2) is 53.5 Å². The lowest BCUT2D eigenvalue weighted by Gasteiger charge is -2.13. The molecule has 0 spiro atoms. The number of hydrogen-bond acceptors (Lipinski definition) is 7. The topological polar surface area (TPSA) is 149 Å². The first kappa shape index (κ1) is 22.9. The van der Waals surface area contributed by atoms with E-state index in [2.05, 4.69) is 20.0 Å². The first-order chi connectivity index (χ1) is 15.1. The average molecular weight is 457 g/mol. The highest BCUT2D eigenvalue weighted by atomic mass is 32.2. The van der Waals surface area contributed by atoms with E-state index in [1.807, 2.05) is 0 Å². The molecule has 3 rings (SSSR count). The minimum Gasteiger partial charge on any atom is -0.384 e. The number of carbonyl (C=O) groups excluding carboxylic acids is 1. The van der Waals surface area contributed by atoms with E-state index < -0.39 is 21.5 Å². The van der Waals surface area contributed by atoms with Crippen molar-refractivity contribution in [2.24, 2.45) is 0 Å². The maximum absolute atomic E-state index is 12.8. The van der Waals surface area contributed by atoms with Crippen LogP contribution in [0.5, 0.6) is 0 Å². The second-order valence-corrected chi connectivity index (χ2v) is 8.94. The molecule has 0 unspecified atom stereocenters. The lowest BCUT2D eigenvalue weighted by molar-refractivity contribution is -0.121. The van der Waals surface area contributed by atoms with E-state index in [0.717, 1.165) is 16.3 Å². The summed E-state index contributed by atoms with van der Waals surface area (Å²) in [6.45, 7) is 3.24. The number of amides is 1. The Kier molecular flexibility index (Phi) is 6.89. The van der Waals surface area contributed by atoms with Gasteiger partial charge in [-0.25, -0.2) is 18.4 Å². The highest BCUT2D eigenvalue weighted by Crippen LogP contribution is 2.10. The number of rotatable bonds is 8. The van der Waals surface area contributed by atoms with Crippen molar-refractivity contribution in [2.75, 3.05) is 10.5 Å². The standard InChI is InChI=1S/C21H24N6O4S/c1-14-17(8-9-19(22)25-14)10-24-20(28)12-27-15(2)23-11-18(21(27)29)26-32(30,31)13-16-6-4-3-5-7-16/h3-9,11,26H,10,12-13H2,1-2H3,(H2,22,25)(H,24,28). The molecule has 0 aliphatic heterocycles. The third-order valence-electron chi connectivity index (χ3n) is 4.71. The molecule has 10 nitrogen and oxygen atoms in total. The van der Waals surface area contributed by atoms with E-state index in [1.54, 1.807) is 56.3 Å². The Morgan fingerprint density at radius 2 is 1.84 bits per heavy atom. The maximum atomic E-state index is 12.8. The van der Waals surface area contributed by atoms with Crippen molar-refractivity contribution in [1.29, 1.82) is 0 Å². The number of nitrogens with two attached hydrogens (primary N) is 1. The van der Waals surface area contributed by atoms with Gasteiger partial charge in [0.15, 0.2) is 0 Å². The molecule has 11 heteroatoms. The van der Waals surface area contributed by atoms with Crippen molar-refractivity contribution in [2.45, 2.75) is 32.7 Å². The van der Waals surface area contributed by atoms with Crippen LogP contribution in [0.4, 0.5) is 11.5 Å². The number of nitrogen functional groups attached to an aromatic ring is 1. The molecule has 0 aliphatic carbocycles. The Balaban J connectivity index is 1.71. The molecule has 1 aromatic carbocycles. The molecule has 32 heavy (non-hydrogen) atoms. The van der Waals surface area contributed by atoms with Gasteiger partial charge in [0.2, 0.25) is 15.9 Å². The van der Waals surface area contributed by atoms with Gasteiger partial charge in [0.1, 0.15) is 23.9 Å². The monoisotopic (exact) mass is 456 g/mol. The molecule has 168 valence electrons.